The van der Waals surface area contributed by atoms with E-state index in [0.29, 0.717) is 19.1 Å². The molecule has 0 aliphatic carbocycles. The molecule has 3 heterocycles. The van der Waals surface area contributed by atoms with Crippen molar-refractivity contribution in [3.63, 3.8) is 0 Å². The van der Waals surface area contributed by atoms with Crippen LogP contribution in [0.5, 0.6) is 0 Å². The van der Waals surface area contributed by atoms with Crippen molar-refractivity contribution in [1.29, 1.82) is 5.26 Å². The summed E-state index contributed by atoms with van der Waals surface area (Å²) in [6, 6.07) is 3.67. The maximum Gasteiger partial charge on any atom is 0.209 e. The Morgan fingerprint density at radius 2 is 1.70 bits per heavy atom. The second-order valence-electron chi connectivity index (χ2n) is 8.87. The number of nitrogens with zero attached hydrogens (tertiary/aromatic N) is 6. The van der Waals surface area contributed by atoms with Gasteiger partial charge in [0.05, 0.1) is 33.0 Å². The highest BCUT2D eigenvalue weighted by atomic mass is 32.2. The van der Waals surface area contributed by atoms with Crippen LogP contribution in [0.1, 0.15) is 25.7 Å². The first kappa shape index (κ1) is 29.6. The molecule has 2 N–H and O–H groups in total. The smallest absolute Gasteiger partial charge is 0.209 e. The zero-order valence-corrected chi connectivity index (χ0v) is 22.7. The SMILES string of the molecule is N#CNC(=NCCCCCCSN(CCN1CCOCC1)OCCN1CCOCC1)Nc1ccncc1. The molecule has 11 nitrogen and oxygen atoms in total. The fraction of sp³-hybridized carbons (Fsp3) is 0.720. The highest BCUT2D eigenvalue weighted by molar-refractivity contribution is 7.96. The molecule has 2 saturated heterocycles. The molecule has 1 aromatic heterocycles. The zero-order chi connectivity index (χ0) is 25.8. The molecule has 0 aromatic carbocycles. The van der Waals surface area contributed by atoms with E-state index in [-0.39, 0.29) is 0 Å². The lowest BCUT2D eigenvalue weighted by Crippen LogP contribution is -2.41. The van der Waals surface area contributed by atoms with Crippen LogP contribution in [0.3, 0.4) is 0 Å². The van der Waals surface area contributed by atoms with Gasteiger partial charge in [0.15, 0.2) is 6.19 Å². The monoisotopic (exact) mass is 534 g/mol. The van der Waals surface area contributed by atoms with Gasteiger partial charge in [0, 0.05) is 76.2 Å². The van der Waals surface area contributed by atoms with Crippen molar-refractivity contribution in [3.05, 3.63) is 24.5 Å². The summed E-state index contributed by atoms with van der Waals surface area (Å²) in [6.07, 6.45) is 9.69. The summed E-state index contributed by atoms with van der Waals surface area (Å²) in [4.78, 5) is 19.5. The van der Waals surface area contributed by atoms with Gasteiger partial charge in [0.25, 0.3) is 0 Å². The number of hydrogen-bond acceptors (Lipinski definition) is 10. The maximum atomic E-state index is 8.97. The lowest BCUT2D eigenvalue weighted by molar-refractivity contribution is -0.0917. The molecule has 0 radical (unpaired) electrons. The van der Waals surface area contributed by atoms with Crippen molar-refractivity contribution in [2.45, 2.75) is 25.7 Å². The van der Waals surface area contributed by atoms with Gasteiger partial charge < -0.3 is 14.8 Å². The molecule has 0 saturated carbocycles. The summed E-state index contributed by atoms with van der Waals surface area (Å²) < 4.78 is 13.0. The number of unbranched alkanes of at least 4 members (excludes halogenated alkanes) is 3. The molecule has 0 spiro atoms. The first-order chi connectivity index (χ1) is 18.3. The molecule has 12 heteroatoms. The molecular formula is C25H42N8O3S. The molecule has 2 aliphatic heterocycles. The minimum Gasteiger partial charge on any atom is -0.379 e. The number of pyridine rings is 1. The maximum absolute atomic E-state index is 8.97. The number of hydroxylamine groups is 1. The van der Waals surface area contributed by atoms with Gasteiger partial charge in [-0.1, -0.05) is 24.8 Å². The van der Waals surface area contributed by atoms with Gasteiger partial charge in [-0.2, -0.15) is 5.26 Å². The summed E-state index contributed by atoms with van der Waals surface area (Å²) in [5.41, 5.74) is 0.846. The van der Waals surface area contributed by atoms with Crippen molar-refractivity contribution in [3.8, 4) is 6.19 Å². The number of guanidine groups is 1. The van der Waals surface area contributed by atoms with Gasteiger partial charge >= 0.3 is 0 Å². The predicted octanol–water partition coefficient (Wildman–Crippen LogP) is 2.03. The number of nitrogens with one attached hydrogen (secondary N) is 2. The Morgan fingerprint density at radius 1 is 1.03 bits per heavy atom. The Morgan fingerprint density at radius 3 is 2.41 bits per heavy atom. The van der Waals surface area contributed by atoms with Crippen LogP contribution in [0.15, 0.2) is 29.5 Å². The van der Waals surface area contributed by atoms with Crippen LogP contribution in [0, 0.1) is 11.5 Å². The first-order valence-corrected chi connectivity index (χ1v) is 14.3. The van der Waals surface area contributed by atoms with Crippen molar-refractivity contribution in [2.24, 2.45) is 4.99 Å². The normalized spacial score (nSPS) is 17.6. The van der Waals surface area contributed by atoms with Crippen LogP contribution in [0.2, 0.25) is 0 Å². The van der Waals surface area contributed by atoms with E-state index < -0.39 is 0 Å². The molecular weight excluding hydrogens is 492 g/mol. The van der Waals surface area contributed by atoms with E-state index in [4.69, 9.17) is 19.6 Å². The van der Waals surface area contributed by atoms with Crippen LogP contribution in [0.4, 0.5) is 5.69 Å². The van der Waals surface area contributed by atoms with E-state index in [1.807, 2.05) is 18.3 Å². The van der Waals surface area contributed by atoms with Crippen molar-refractivity contribution in [2.75, 3.05) is 96.5 Å². The topological polar surface area (TPSA) is 111 Å². The summed E-state index contributed by atoms with van der Waals surface area (Å²) in [7, 11) is 0. The third-order valence-corrected chi connectivity index (χ3v) is 7.17. The van der Waals surface area contributed by atoms with Gasteiger partial charge in [0.2, 0.25) is 5.96 Å². The number of morpholine rings is 2. The molecule has 0 bridgehead atoms. The molecule has 0 atom stereocenters. The number of aromatic nitrogens is 1. The Kier molecular flexibility index (Phi) is 15.3. The molecule has 3 rings (SSSR count). The van der Waals surface area contributed by atoms with Crippen LogP contribution in [-0.4, -0.2) is 116 Å². The Bertz CT molecular complexity index is 786. The average Bonchev–Trinajstić information content (AvgIpc) is 2.94. The predicted molar refractivity (Wildman–Crippen MR) is 147 cm³/mol. The zero-order valence-electron chi connectivity index (χ0n) is 21.9. The first-order valence-electron chi connectivity index (χ1n) is 13.3. The molecule has 2 aliphatic rings. The van der Waals surface area contributed by atoms with Crippen LogP contribution < -0.4 is 10.6 Å². The van der Waals surface area contributed by atoms with Crippen molar-refractivity contribution < 1.29 is 14.3 Å². The van der Waals surface area contributed by atoms with Gasteiger partial charge in [-0.05, 0) is 25.0 Å². The van der Waals surface area contributed by atoms with Crippen molar-refractivity contribution >= 4 is 23.6 Å². The Hall–Kier alpha value is -1.98. The summed E-state index contributed by atoms with van der Waals surface area (Å²) >= 11 is 1.79. The van der Waals surface area contributed by atoms with E-state index in [9.17, 15) is 0 Å². The number of nitriles is 1. The minimum absolute atomic E-state index is 0.467. The lowest BCUT2D eigenvalue weighted by Gasteiger charge is -2.30. The van der Waals surface area contributed by atoms with Gasteiger partial charge in [-0.15, -0.1) is 4.47 Å². The highest BCUT2D eigenvalue weighted by Crippen LogP contribution is 2.15. The van der Waals surface area contributed by atoms with E-state index >= 15 is 0 Å². The summed E-state index contributed by atoms with van der Waals surface area (Å²) in [6.45, 7) is 11.5. The number of ether oxygens (including phenoxy) is 2. The molecule has 1 aromatic rings. The third kappa shape index (κ3) is 13.4. The fourth-order valence-corrected chi connectivity index (χ4v) is 4.87. The molecule has 0 amide bonds. The van der Waals surface area contributed by atoms with E-state index in [2.05, 4.69) is 34.9 Å². The summed E-state index contributed by atoms with van der Waals surface area (Å²) in [5, 5.41) is 14.7. The van der Waals surface area contributed by atoms with Crippen molar-refractivity contribution in [1.82, 2.24) is 24.6 Å². The van der Waals surface area contributed by atoms with Gasteiger partial charge in [-0.25, -0.2) is 0 Å². The molecule has 37 heavy (non-hydrogen) atoms. The molecule has 206 valence electrons. The fourth-order valence-electron chi connectivity index (χ4n) is 3.97. The van der Waals surface area contributed by atoms with Gasteiger partial charge in [0.1, 0.15) is 0 Å². The van der Waals surface area contributed by atoms with Gasteiger partial charge in [-0.3, -0.25) is 29.9 Å². The average molecular weight is 535 g/mol. The van der Waals surface area contributed by atoms with E-state index in [1.54, 1.807) is 24.3 Å². The largest absolute Gasteiger partial charge is 0.379 e. The minimum atomic E-state index is 0.467. The highest BCUT2D eigenvalue weighted by Gasteiger charge is 2.15. The Labute approximate surface area is 225 Å². The van der Waals surface area contributed by atoms with Crippen LogP contribution in [0.25, 0.3) is 0 Å². The number of anilines is 1. The summed E-state index contributed by atoms with van der Waals surface area (Å²) in [5.74, 6) is 1.50. The Balaban J connectivity index is 1.29. The molecule has 2 fully saturated rings. The molecule has 0 unspecified atom stereocenters. The van der Waals surface area contributed by atoms with E-state index in [0.717, 1.165) is 109 Å². The van der Waals surface area contributed by atoms with E-state index in [1.165, 1.54) is 0 Å². The number of rotatable bonds is 16. The quantitative estimate of drug-likeness (QED) is 0.0618. The number of hydrogen-bond donors (Lipinski definition) is 2. The standard InChI is InChI=1S/C25H42N8O3S/c26-23-29-25(30-24-5-8-27-9-6-24)28-7-3-1-2-4-22-37-33(11-10-31-12-17-34-18-13-31)36-21-16-32-14-19-35-20-15-32/h5-6,8-9H,1-4,7,10-22H2,(H2,27,28,29,30). The second kappa shape index (κ2) is 19.1. The van der Waals surface area contributed by atoms with Crippen LogP contribution in [-0.2, 0) is 14.3 Å². The van der Waals surface area contributed by atoms with Crippen LogP contribution >= 0.6 is 11.9 Å². The third-order valence-electron chi connectivity index (χ3n) is 6.12. The number of aliphatic imine (C=N–C) groups is 1. The lowest BCUT2D eigenvalue weighted by atomic mass is 10.2. The second-order valence-corrected chi connectivity index (χ2v) is 9.95.